The average molecular weight is 466 g/mol. The van der Waals surface area contributed by atoms with E-state index in [0.717, 1.165) is 12.8 Å². The van der Waals surface area contributed by atoms with Crippen LogP contribution in [-0.4, -0.2) is 62.6 Å². The number of benzene rings is 1. The first kappa shape index (κ1) is 23.6. The Labute approximate surface area is 187 Å². The van der Waals surface area contributed by atoms with Gasteiger partial charge < -0.3 is 24.1 Å². The molecule has 1 aromatic carbocycles. The van der Waals surface area contributed by atoms with Crippen molar-refractivity contribution < 1.29 is 32.2 Å². The zero-order valence-electron chi connectivity index (χ0n) is 18.5. The number of amides is 1. The van der Waals surface area contributed by atoms with E-state index in [-0.39, 0.29) is 10.6 Å². The molecule has 1 N–H and O–H groups in total. The van der Waals surface area contributed by atoms with Crippen LogP contribution in [0.3, 0.4) is 0 Å². The van der Waals surface area contributed by atoms with Crippen LogP contribution in [0.5, 0.6) is 11.5 Å². The van der Waals surface area contributed by atoms with Crippen molar-refractivity contribution in [3.05, 3.63) is 36.2 Å². The van der Waals surface area contributed by atoms with Gasteiger partial charge in [-0.2, -0.15) is 4.31 Å². The van der Waals surface area contributed by atoms with E-state index in [9.17, 15) is 18.0 Å². The number of anilines is 1. The van der Waals surface area contributed by atoms with Crippen molar-refractivity contribution in [1.29, 1.82) is 0 Å². The molecule has 3 rings (SSSR count). The molecule has 0 radical (unpaired) electrons. The zero-order chi connectivity index (χ0) is 23.5. The number of nitrogens with zero attached hydrogens (tertiary/aromatic N) is 2. The Balaban J connectivity index is 1.69. The van der Waals surface area contributed by atoms with Gasteiger partial charge in [-0.15, -0.1) is 0 Å². The number of aromatic nitrogens is 1. The third kappa shape index (κ3) is 5.05. The van der Waals surface area contributed by atoms with Gasteiger partial charge in [0.05, 0.1) is 14.2 Å². The number of methoxy groups -OCH3 is 2. The van der Waals surface area contributed by atoms with Crippen LogP contribution >= 0.6 is 0 Å². The molecule has 1 amide bonds. The minimum absolute atomic E-state index is 0.0226. The van der Waals surface area contributed by atoms with Gasteiger partial charge in [0, 0.05) is 50.2 Å². The second-order valence-electron chi connectivity index (χ2n) is 7.42. The van der Waals surface area contributed by atoms with Crippen LogP contribution in [0.1, 0.15) is 30.3 Å². The fraction of sp³-hybridized carbons (Fsp3) is 0.429. The monoisotopic (exact) mass is 465 g/mol. The number of hydrogen-bond donors (Lipinski definition) is 1. The van der Waals surface area contributed by atoms with Crippen molar-refractivity contribution in [2.45, 2.75) is 30.8 Å². The van der Waals surface area contributed by atoms with E-state index >= 15 is 0 Å². The minimum atomic E-state index is -3.67. The highest BCUT2D eigenvalue weighted by Gasteiger charge is 2.30. The second kappa shape index (κ2) is 9.61. The average Bonchev–Trinajstić information content (AvgIpc) is 3.44. The Morgan fingerprint density at radius 1 is 1.03 bits per heavy atom. The van der Waals surface area contributed by atoms with Crippen LogP contribution in [0.15, 0.2) is 35.4 Å². The van der Waals surface area contributed by atoms with E-state index in [2.05, 4.69) is 5.32 Å². The van der Waals surface area contributed by atoms with Crippen LogP contribution in [0.4, 0.5) is 5.69 Å². The number of aryl methyl sites for hydroxylation is 1. The lowest BCUT2D eigenvalue weighted by Gasteiger charge is -2.15. The number of nitrogens with one attached hydrogen (secondary N) is 1. The number of hydrogen-bond acceptors (Lipinski definition) is 7. The summed E-state index contributed by atoms with van der Waals surface area (Å²) >= 11 is 0. The van der Waals surface area contributed by atoms with Gasteiger partial charge in [-0.25, -0.2) is 13.2 Å². The highest BCUT2D eigenvalue weighted by molar-refractivity contribution is 7.89. The van der Waals surface area contributed by atoms with E-state index in [4.69, 9.17) is 14.2 Å². The molecule has 11 heteroatoms. The number of sulfonamides is 1. The van der Waals surface area contributed by atoms with Gasteiger partial charge in [0.2, 0.25) is 10.0 Å². The molecule has 32 heavy (non-hydrogen) atoms. The SMILES string of the molecule is COc1cc(NC(=O)C(C)OC(=O)c2cc(S(=O)(=O)N3CCCC3)cn2C)cc(OC)c1. The van der Waals surface area contributed by atoms with Gasteiger partial charge in [0.1, 0.15) is 22.1 Å². The van der Waals surface area contributed by atoms with Gasteiger partial charge in [-0.1, -0.05) is 0 Å². The molecule has 10 nitrogen and oxygen atoms in total. The topological polar surface area (TPSA) is 116 Å². The van der Waals surface area contributed by atoms with Crippen LogP contribution < -0.4 is 14.8 Å². The van der Waals surface area contributed by atoms with Gasteiger partial charge in [0.15, 0.2) is 6.10 Å². The first-order chi connectivity index (χ1) is 15.1. The highest BCUT2D eigenvalue weighted by atomic mass is 32.2. The molecule has 1 aromatic heterocycles. The van der Waals surface area contributed by atoms with Gasteiger partial charge in [-0.05, 0) is 25.8 Å². The summed E-state index contributed by atoms with van der Waals surface area (Å²) in [6, 6.07) is 6.12. The number of carbonyl (C=O) groups is 2. The molecule has 1 saturated heterocycles. The van der Waals surface area contributed by atoms with E-state index in [1.165, 1.54) is 42.3 Å². The van der Waals surface area contributed by atoms with Crippen LogP contribution in [-0.2, 0) is 26.6 Å². The summed E-state index contributed by atoms with van der Waals surface area (Å²) in [5.41, 5.74) is 0.442. The van der Waals surface area contributed by atoms with Crippen molar-refractivity contribution in [1.82, 2.24) is 8.87 Å². The van der Waals surface area contributed by atoms with E-state index in [1.807, 2.05) is 0 Å². The van der Waals surface area contributed by atoms with Crippen molar-refractivity contribution in [2.75, 3.05) is 32.6 Å². The Morgan fingerprint density at radius 2 is 1.62 bits per heavy atom. The third-order valence-corrected chi connectivity index (χ3v) is 7.03. The Hall–Kier alpha value is -3.05. The molecule has 0 aliphatic carbocycles. The Kier molecular flexibility index (Phi) is 7.09. The smallest absolute Gasteiger partial charge is 0.355 e. The standard InChI is InChI=1S/C21H27N3O7S/c1-14(20(25)22-15-9-16(29-3)11-17(10-15)30-4)31-21(26)19-12-18(13-23(19)2)32(27,28)24-7-5-6-8-24/h9-14H,5-8H2,1-4H3,(H,22,25). The molecule has 1 aliphatic heterocycles. The lowest BCUT2D eigenvalue weighted by molar-refractivity contribution is -0.123. The van der Waals surface area contributed by atoms with E-state index in [1.54, 1.807) is 25.2 Å². The summed E-state index contributed by atoms with van der Waals surface area (Å²) in [5, 5.41) is 2.64. The van der Waals surface area contributed by atoms with Gasteiger partial charge in [0.25, 0.3) is 5.91 Å². The summed E-state index contributed by atoms with van der Waals surface area (Å²) < 4.78 is 43.9. The minimum Gasteiger partial charge on any atom is -0.497 e. The Bertz CT molecular complexity index is 1080. The normalized spacial score (nSPS) is 15.2. The maximum atomic E-state index is 12.7. The van der Waals surface area contributed by atoms with Crippen molar-refractivity contribution in [2.24, 2.45) is 7.05 Å². The molecule has 0 bridgehead atoms. The molecule has 0 spiro atoms. The molecule has 2 aromatic rings. The molecular formula is C21H27N3O7S. The second-order valence-corrected chi connectivity index (χ2v) is 9.36. The number of esters is 1. The fourth-order valence-corrected chi connectivity index (χ4v) is 4.94. The largest absolute Gasteiger partial charge is 0.497 e. The molecular weight excluding hydrogens is 438 g/mol. The predicted molar refractivity (Wildman–Crippen MR) is 116 cm³/mol. The molecule has 1 atom stereocenters. The molecule has 0 saturated carbocycles. The number of rotatable bonds is 8. The van der Waals surface area contributed by atoms with Gasteiger partial charge >= 0.3 is 5.97 Å². The summed E-state index contributed by atoms with van der Waals surface area (Å²) in [4.78, 5) is 25.2. The number of carbonyl (C=O) groups excluding carboxylic acids is 2. The zero-order valence-corrected chi connectivity index (χ0v) is 19.3. The van der Waals surface area contributed by atoms with Crippen molar-refractivity contribution in [3.8, 4) is 11.5 Å². The molecule has 2 heterocycles. The molecule has 1 unspecified atom stereocenters. The van der Waals surface area contributed by atoms with Crippen molar-refractivity contribution in [3.63, 3.8) is 0 Å². The molecule has 1 aliphatic rings. The maximum absolute atomic E-state index is 12.7. The summed E-state index contributed by atoms with van der Waals surface area (Å²) in [5.74, 6) is -0.395. The van der Waals surface area contributed by atoms with E-state index < -0.39 is 28.0 Å². The maximum Gasteiger partial charge on any atom is 0.355 e. The fourth-order valence-electron chi connectivity index (χ4n) is 3.35. The van der Waals surface area contributed by atoms with Crippen LogP contribution in [0.25, 0.3) is 0 Å². The van der Waals surface area contributed by atoms with Crippen LogP contribution in [0, 0.1) is 0 Å². The van der Waals surface area contributed by atoms with Crippen molar-refractivity contribution >= 4 is 27.6 Å². The number of ether oxygens (including phenoxy) is 3. The first-order valence-electron chi connectivity index (χ1n) is 10.1. The first-order valence-corrected chi connectivity index (χ1v) is 11.5. The lowest BCUT2D eigenvalue weighted by Crippen LogP contribution is -2.30. The predicted octanol–water partition coefficient (Wildman–Crippen LogP) is 2.01. The molecule has 174 valence electrons. The quantitative estimate of drug-likeness (QED) is 0.593. The summed E-state index contributed by atoms with van der Waals surface area (Å²) in [6.07, 6.45) is 1.87. The summed E-state index contributed by atoms with van der Waals surface area (Å²) in [6.45, 7) is 2.35. The lowest BCUT2D eigenvalue weighted by atomic mass is 10.2. The van der Waals surface area contributed by atoms with Gasteiger partial charge in [-0.3, -0.25) is 4.79 Å². The molecule has 1 fully saturated rings. The Morgan fingerprint density at radius 3 is 2.19 bits per heavy atom. The highest BCUT2D eigenvalue weighted by Crippen LogP contribution is 2.26. The van der Waals surface area contributed by atoms with Crippen LogP contribution in [0.2, 0.25) is 0 Å². The summed E-state index contributed by atoms with van der Waals surface area (Å²) in [7, 11) is 0.855. The van der Waals surface area contributed by atoms with E-state index in [0.29, 0.717) is 30.3 Å². The third-order valence-electron chi connectivity index (χ3n) is 5.16.